The molecular formula is C14H10Cl2F2O. The van der Waals surface area contributed by atoms with Crippen LogP contribution in [0, 0.1) is 11.6 Å². The average Bonchev–Trinajstić information content (AvgIpc) is 2.39. The van der Waals surface area contributed by atoms with Gasteiger partial charge in [-0.3, -0.25) is 0 Å². The zero-order valence-corrected chi connectivity index (χ0v) is 11.3. The number of ether oxygens (including phenoxy) is 1. The molecule has 2 rings (SSSR count). The van der Waals surface area contributed by atoms with Crippen LogP contribution in [0.3, 0.4) is 0 Å². The lowest BCUT2D eigenvalue weighted by Crippen LogP contribution is -1.97. The molecule has 5 heteroatoms. The summed E-state index contributed by atoms with van der Waals surface area (Å²) in [5.41, 5.74) is 1.23. The van der Waals surface area contributed by atoms with Crippen LogP contribution < -0.4 is 4.74 Å². The molecule has 19 heavy (non-hydrogen) atoms. The van der Waals surface area contributed by atoms with Crippen LogP contribution in [-0.4, -0.2) is 0 Å². The Morgan fingerprint density at radius 1 is 1.00 bits per heavy atom. The molecule has 2 aromatic rings. The SMILES string of the molecule is Fc1cc(CCl)cc(OCc2ccc(Cl)c(F)c2)c1. The van der Waals surface area contributed by atoms with E-state index < -0.39 is 11.6 Å². The maximum atomic E-state index is 13.2. The highest BCUT2D eigenvalue weighted by Crippen LogP contribution is 2.20. The van der Waals surface area contributed by atoms with Crippen molar-refractivity contribution in [1.29, 1.82) is 0 Å². The van der Waals surface area contributed by atoms with Gasteiger partial charge in [0.25, 0.3) is 0 Å². The maximum absolute atomic E-state index is 13.2. The molecule has 0 saturated heterocycles. The summed E-state index contributed by atoms with van der Waals surface area (Å²) in [6, 6.07) is 8.61. The highest BCUT2D eigenvalue weighted by molar-refractivity contribution is 6.30. The second-order valence-electron chi connectivity index (χ2n) is 3.97. The van der Waals surface area contributed by atoms with Crippen molar-refractivity contribution >= 4 is 23.2 Å². The van der Waals surface area contributed by atoms with Gasteiger partial charge in [-0.15, -0.1) is 11.6 Å². The molecule has 0 heterocycles. The van der Waals surface area contributed by atoms with E-state index in [1.165, 1.54) is 24.3 Å². The number of hydrogen-bond acceptors (Lipinski definition) is 1. The van der Waals surface area contributed by atoms with Crippen LogP contribution in [0.25, 0.3) is 0 Å². The predicted molar refractivity (Wildman–Crippen MR) is 71.7 cm³/mol. The largest absolute Gasteiger partial charge is 0.489 e. The van der Waals surface area contributed by atoms with Gasteiger partial charge in [-0.05, 0) is 35.4 Å². The monoisotopic (exact) mass is 302 g/mol. The smallest absolute Gasteiger partial charge is 0.142 e. The maximum Gasteiger partial charge on any atom is 0.142 e. The summed E-state index contributed by atoms with van der Waals surface area (Å²) in [5, 5.41) is 0.0546. The van der Waals surface area contributed by atoms with E-state index in [0.717, 1.165) is 0 Å². The Labute approximate surface area is 119 Å². The minimum absolute atomic E-state index is 0.0546. The third-order valence-electron chi connectivity index (χ3n) is 2.47. The lowest BCUT2D eigenvalue weighted by Gasteiger charge is -2.08. The zero-order chi connectivity index (χ0) is 13.8. The fraction of sp³-hybridized carbons (Fsp3) is 0.143. The third kappa shape index (κ3) is 3.82. The fourth-order valence-corrected chi connectivity index (χ4v) is 1.85. The molecule has 0 radical (unpaired) electrons. The van der Waals surface area contributed by atoms with Crippen LogP contribution >= 0.6 is 23.2 Å². The van der Waals surface area contributed by atoms with Gasteiger partial charge in [0.1, 0.15) is 24.0 Å². The topological polar surface area (TPSA) is 9.23 Å². The summed E-state index contributed by atoms with van der Waals surface area (Å²) in [6.07, 6.45) is 0. The summed E-state index contributed by atoms with van der Waals surface area (Å²) in [7, 11) is 0. The predicted octanol–water partition coefficient (Wildman–Crippen LogP) is 4.94. The molecule has 0 aliphatic rings. The Morgan fingerprint density at radius 3 is 2.47 bits per heavy atom. The standard InChI is InChI=1S/C14H10Cl2F2O/c15-7-10-3-11(17)6-12(4-10)19-8-9-1-2-13(16)14(18)5-9/h1-6H,7-8H2. The number of rotatable bonds is 4. The molecular weight excluding hydrogens is 293 g/mol. The third-order valence-corrected chi connectivity index (χ3v) is 3.09. The first kappa shape index (κ1) is 14.1. The zero-order valence-electron chi connectivity index (χ0n) is 9.80. The number of alkyl halides is 1. The summed E-state index contributed by atoms with van der Waals surface area (Å²) in [5.74, 6) is -0.381. The van der Waals surface area contributed by atoms with Crippen molar-refractivity contribution in [1.82, 2.24) is 0 Å². The van der Waals surface area contributed by atoms with E-state index in [-0.39, 0.29) is 17.5 Å². The highest BCUT2D eigenvalue weighted by atomic mass is 35.5. The normalized spacial score (nSPS) is 10.5. The first-order valence-electron chi connectivity index (χ1n) is 5.50. The quantitative estimate of drug-likeness (QED) is 0.727. The van der Waals surface area contributed by atoms with E-state index in [9.17, 15) is 8.78 Å². The highest BCUT2D eigenvalue weighted by Gasteiger charge is 2.04. The minimum atomic E-state index is -0.511. The number of halogens is 4. The van der Waals surface area contributed by atoms with Gasteiger partial charge in [0.2, 0.25) is 0 Å². The molecule has 0 atom stereocenters. The number of hydrogen-bond donors (Lipinski definition) is 0. The molecule has 0 aliphatic heterocycles. The Bertz CT molecular complexity index is 588. The van der Waals surface area contributed by atoms with Gasteiger partial charge in [-0.25, -0.2) is 8.78 Å². The van der Waals surface area contributed by atoms with Gasteiger partial charge < -0.3 is 4.74 Å². The van der Waals surface area contributed by atoms with Crippen molar-refractivity contribution < 1.29 is 13.5 Å². The molecule has 0 unspecified atom stereocenters. The first-order chi connectivity index (χ1) is 9.08. The van der Waals surface area contributed by atoms with E-state index in [1.807, 2.05) is 0 Å². The van der Waals surface area contributed by atoms with Gasteiger partial charge in [0.05, 0.1) is 5.02 Å². The van der Waals surface area contributed by atoms with E-state index in [0.29, 0.717) is 16.9 Å². The van der Waals surface area contributed by atoms with Crippen LogP contribution in [0.4, 0.5) is 8.78 Å². The van der Waals surface area contributed by atoms with Crippen LogP contribution in [0.2, 0.25) is 5.02 Å². The molecule has 0 fully saturated rings. The van der Waals surface area contributed by atoms with Crippen molar-refractivity contribution in [2.45, 2.75) is 12.5 Å². The Hall–Kier alpha value is -1.32. The van der Waals surface area contributed by atoms with Crippen molar-refractivity contribution in [3.05, 3.63) is 64.2 Å². The summed E-state index contributed by atoms with van der Waals surface area (Å²) >= 11 is 11.2. The van der Waals surface area contributed by atoms with Gasteiger partial charge >= 0.3 is 0 Å². The molecule has 1 nitrogen and oxygen atoms in total. The molecule has 2 aromatic carbocycles. The van der Waals surface area contributed by atoms with Crippen LogP contribution in [-0.2, 0) is 12.5 Å². The Kier molecular flexibility index (Phi) is 4.61. The lowest BCUT2D eigenvalue weighted by molar-refractivity contribution is 0.303. The van der Waals surface area contributed by atoms with Crippen LogP contribution in [0.5, 0.6) is 5.75 Å². The van der Waals surface area contributed by atoms with E-state index in [1.54, 1.807) is 12.1 Å². The molecule has 0 spiro atoms. The molecule has 0 N–H and O–H groups in total. The van der Waals surface area contributed by atoms with Gasteiger partial charge in [0.15, 0.2) is 0 Å². The van der Waals surface area contributed by atoms with Gasteiger partial charge in [0, 0.05) is 11.9 Å². The second-order valence-corrected chi connectivity index (χ2v) is 4.64. The second kappa shape index (κ2) is 6.22. The molecule has 0 saturated carbocycles. The molecule has 0 amide bonds. The summed E-state index contributed by atoms with van der Waals surface area (Å²) in [4.78, 5) is 0. The lowest BCUT2D eigenvalue weighted by atomic mass is 10.2. The first-order valence-corrected chi connectivity index (χ1v) is 6.42. The average molecular weight is 303 g/mol. The molecule has 100 valence electrons. The molecule has 0 aromatic heterocycles. The van der Waals surface area contributed by atoms with E-state index in [2.05, 4.69) is 0 Å². The summed E-state index contributed by atoms with van der Waals surface area (Å²) < 4.78 is 31.9. The molecule has 0 aliphatic carbocycles. The Morgan fingerprint density at radius 2 is 1.79 bits per heavy atom. The van der Waals surface area contributed by atoms with Crippen molar-refractivity contribution in [2.75, 3.05) is 0 Å². The van der Waals surface area contributed by atoms with Crippen molar-refractivity contribution in [2.24, 2.45) is 0 Å². The fourth-order valence-electron chi connectivity index (χ4n) is 1.58. The summed E-state index contributed by atoms with van der Waals surface area (Å²) in [6.45, 7) is 0.124. The van der Waals surface area contributed by atoms with Crippen LogP contribution in [0.15, 0.2) is 36.4 Å². The van der Waals surface area contributed by atoms with Gasteiger partial charge in [-0.1, -0.05) is 17.7 Å². The van der Waals surface area contributed by atoms with E-state index >= 15 is 0 Å². The van der Waals surface area contributed by atoms with Crippen molar-refractivity contribution in [3.63, 3.8) is 0 Å². The molecule has 0 bridgehead atoms. The Balaban J connectivity index is 2.09. The van der Waals surface area contributed by atoms with Gasteiger partial charge in [-0.2, -0.15) is 0 Å². The van der Waals surface area contributed by atoms with E-state index in [4.69, 9.17) is 27.9 Å². The van der Waals surface area contributed by atoms with Crippen LogP contribution in [0.1, 0.15) is 11.1 Å². The van der Waals surface area contributed by atoms with Crippen molar-refractivity contribution in [3.8, 4) is 5.75 Å². The number of benzene rings is 2. The minimum Gasteiger partial charge on any atom is -0.489 e.